The maximum Gasteiger partial charge on any atom is 0.242 e. The van der Waals surface area contributed by atoms with Crippen molar-refractivity contribution in [3.05, 3.63) is 47.1 Å². The molecule has 1 fully saturated rings. The number of carbonyl (C=O) groups excluding carboxylic acids is 1. The van der Waals surface area contributed by atoms with Crippen molar-refractivity contribution in [2.45, 2.75) is 6.42 Å². The number of hydrogen-bond acceptors (Lipinski definition) is 6. The minimum Gasteiger partial charge on any atom is -0.495 e. The van der Waals surface area contributed by atoms with Gasteiger partial charge in [0.25, 0.3) is 0 Å². The maximum atomic E-state index is 12.6. The Balaban J connectivity index is 1.53. The Labute approximate surface area is 170 Å². The van der Waals surface area contributed by atoms with Gasteiger partial charge in [-0.3, -0.25) is 4.79 Å². The molecule has 0 aliphatic carbocycles. The molecular weight excluding hydrogens is 378 g/mol. The van der Waals surface area contributed by atoms with Crippen molar-refractivity contribution in [2.75, 3.05) is 56.6 Å². The largest absolute Gasteiger partial charge is 0.495 e. The molecule has 0 unspecified atom stereocenters. The summed E-state index contributed by atoms with van der Waals surface area (Å²) in [6, 6.07) is 9.60. The van der Waals surface area contributed by atoms with E-state index in [4.69, 9.17) is 22.1 Å². The average molecular weight is 404 g/mol. The van der Waals surface area contributed by atoms with Crippen LogP contribution in [0.25, 0.3) is 0 Å². The zero-order valence-electron chi connectivity index (χ0n) is 16.0. The molecule has 1 saturated heterocycles. The minimum absolute atomic E-state index is 0.0673. The first kappa shape index (κ1) is 20.2. The van der Waals surface area contributed by atoms with Crippen molar-refractivity contribution < 1.29 is 9.53 Å². The van der Waals surface area contributed by atoms with Crippen molar-refractivity contribution in [2.24, 2.45) is 5.73 Å². The first-order chi connectivity index (χ1) is 13.6. The number of halogens is 1. The number of rotatable bonds is 7. The van der Waals surface area contributed by atoms with Crippen LogP contribution in [0.5, 0.6) is 5.75 Å². The molecule has 1 aliphatic rings. The van der Waals surface area contributed by atoms with Crippen LogP contribution in [-0.4, -0.2) is 62.2 Å². The number of aromatic nitrogens is 1. The lowest BCUT2D eigenvalue weighted by atomic mass is 10.2. The molecule has 28 heavy (non-hydrogen) atoms. The normalized spacial score (nSPS) is 14.1. The van der Waals surface area contributed by atoms with E-state index in [2.05, 4.69) is 15.2 Å². The van der Waals surface area contributed by atoms with E-state index in [0.29, 0.717) is 30.4 Å². The van der Waals surface area contributed by atoms with Crippen LogP contribution in [-0.2, 0) is 11.2 Å². The standard InChI is InChI=1S/C20H26ClN5O2/c1-28-18-13-16(4-5-17(18)21)25-9-11-26(12-10-25)19(27)14-24-20-15(6-7-22)3-2-8-23-20/h2-5,8,13H,6-7,9-12,14,22H2,1H3,(H,23,24). The van der Waals surface area contributed by atoms with Crippen LogP contribution in [0.15, 0.2) is 36.5 Å². The second kappa shape index (κ2) is 9.61. The third-order valence-corrected chi connectivity index (χ3v) is 5.16. The molecule has 1 aromatic carbocycles. The average Bonchev–Trinajstić information content (AvgIpc) is 2.73. The minimum atomic E-state index is 0.0673. The van der Waals surface area contributed by atoms with Crippen molar-refractivity contribution in [3.8, 4) is 5.75 Å². The molecule has 8 heteroatoms. The van der Waals surface area contributed by atoms with E-state index in [0.717, 1.165) is 36.6 Å². The Morgan fingerprint density at radius 3 is 2.79 bits per heavy atom. The van der Waals surface area contributed by atoms with Gasteiger partial charge in [-0.1, -0.05) is 17.7 Å². The Kier molecular flexibility index (Phi) is 6.95. The molecule has 1 amide bonds. The second-order valence-electron chi connectivity index (χ2n) is 6.59. The second-order valence-corrected chi connectivity index (χ2v) is 7.00. The van der Waals surface area contributed by atoms with Crippen LogP contribution in [0.2, 0.25) is 5.02 Å². The zero-order chi connectivity index (χ0) is 19.9. The molecule has 3 rings (SSSR count). The van der Waals surface area contributed by atoms with Gasteiger partial charge in [-0.2, -0.15) is 0 Å². The van der Waals surface area contributed by atoms with Crippen molar-refractivity contribution in [1.29, 1.82) is 0 Å². The lowest BCUT2D eigenvalue weighted by molar-refractivity contribution is -0.129. The highest BCUT2D eigenvalue weighted by Crippen LogP contribution is 2.29. The Hall–Kier alpha value is -2.51. The van der Waals surface area contributed by atoms with Gasteiger partial charge < -0.3 is 25.6 Å². The van der Waals surface area contributed by atoms with E-state index >= 15 is 0 Å². The summed E-state index contributed by atoms with van der Waals surface area (Å²) in [5.41, 5.74) is 7.71. The van der Waals surface area contributed by atoms with E-state index in [9.17, 15) is 4.79 Å². The fraction of sp³-hybridized carbons (Fsp3) is 0.400. The number of nitrogens with zero attached hydrogens (tertiary/aromatic N) is 3. The van der Waals surface area contributed by atoms with Gasteiger partial charge in [-0.05, 0) is 36.7 Å². The Morgan fingerprint density at radius 1 is 1.29 bits per heavy atom. The molecule has 0 atom stereocenters. The maximum absolute atomic E-state index is 12.6. The Bertz CT molecular complexity index is 809. The van der Waals surface area contributed by atoms with E-state index < -0.39 is 0 Å². The predicted molar refractivity (Wildman–Crippen MR) is 112 cm³/mol. The fourth-order valence-corrected chi connectivity index (χ4v) is 3.48. The zero-order valence-corrected chi connectivity index (χ0v) is 16.8. The number of benzene rings is 1. The highest BCUT2D eigenvalue weighted by atomic mass is 35.5. The number of hydrogen-bond donors (Lipinski definition) is 2. The van der Waals surface area contributed by atoms with Crippen molar-refractivity contribution >= 4 is 29.0 Å². The number of methoxy groups -OCH3 is 1. The summed E-state index contributed by atoms with van der Waals surface area (Å²) in [4.78, 5) is 21.0. The predicted octanol–water partition coefficient (Wildman–Crippen LogP) is 2.01. The molecule has 1 aliphatic heterocycles. The molecule has 150 valence electrons. The summed E-state index contributed by atoms with van der Waals surface area (Å²) in [6.07, 6.45) is 2.44. The molecule has 2 heterocycles. The van der Waals surface area contributed by atoms with Gasteiger partial charge in [0, 0.05) is 44.1 Å². The smallest absolute Gasteiger partial charge is 0.242 e. The molecule has 0 radical (unpaired) electrons. The third kappa shape index (κ3) is 4.85. The number of anilines is 2. The van der Waals surface area contributed by atoms with Gasteiger partial charge in [-0.25, -0.2) is 4.98 Å². The molecule has 1 aromatic heterocycles. The summed E-state index contributed by atoms with van der Waals surface area (Å²) in [5, 5.41) is 3.75. The van der Waals surface area contributed by atoms with Gasteiger partial charge >= 0.3 is 0 Å². The summed E-state index contributed by atoms with van der Waals surface area (Å²) in [6.45, 7) is 3.64. The lowest BCUT2D eigenvalue weighted by Gasteiger charge is -2.36. The Morgan fingerprint density at radius 2 is 2.07 bits per heavy atom. The van der Waals surface area contributed by atoms with Crippen LogP contribution >= 0.6 is 11.6 Å². The van der Waals surface area contributed by atoms with Crippen LogP contribution in [0.1, 0.15) is 5.56 Å². The van der Waals surface area contributed by atoms with E-state index in [1.165, 1.54) is 0 Å². The van der Waals surface area contributed by atoms with Crippen LogP contribution in [0.3, 0.4) is 0 Å². The van der Waals surface area contributed by atoms with Gasteiger partial charge in [0.2, 0.25) is 5.91 Å². The number of pyridine rings is 1. The number of nitrogens with one attached hydrogen (secondary N) is 1. The quantitative estimate of drug-likeness (QED) is 0.735. The summed E-state index contributed by atoms with van der Waals surface area (Å²) < 4.78 is 5.29. The molecular formula is C20H26ClN5O2. The van der Waals surface area contributed by atoms with Crippen LogP contribution in [0, 0.1) is 0 Å². The molecule has 0 bridgehead atoms. The fourth-order valence-electron chi connectivity index (χ4n) is 3.29. The number of ether oxygens (including phenoxy) is 1. The molecule has 0 saturated carbocycles. The SMILES string of the molecule is COc1cc(N2CCN(C(=O)CNc3ncccc3CCN)CC2)ccc1Cl. The van der Waals surface area contributed by atoms with Crippen molar-refractivity contribution in [3.63, 3.8) is 0 Å². The molecule has 7 nitrogen and oxygen atoms in total. The first-order valence-corrected chi connectivity index (χ1v) is 9.74. The number of piperazine rings is 1. The number of carbonyl (C=O) groups is 1. The number of amides is 1. The summed E-state index contributed by atoms with van der Waals surface area (Å²) in [5.74, 6) is 1.46. The van der Waals surface area contributed by atoms with E-state index in [-0.39, 0.29) is 12.5 Å². The van der Waals surface area contributed by atoms with Crippen molar-refractivity contribution in [1.82, 2.24) is 9.88 Å². The highest BCUT2D eigenvalue weighted by Gasteiger charge is 2.22. The van der Waals surface area contributed by atoms with Gasteiger partial charge in [0.15, 0.2) is 0 Å². The van der Waals surface area contributed by atoms with Gasteiger partial charge in [-0.15, -0.1) is 0 Å². The molecule has 0 spiro atoms. The van der Waals surface area contributed by atoms with Crippen LogP contribution < -0.4 is 20.7 Å². The van der Waals surface area contributed by atoms with E-state index in [1.807, 2.05) is 35.2 Å². The van der Waals surface area contributed by atoms with Crippen LogP contribution in [0.4, 0.5) is 11.5 Å². The molecule has 2 aromatic rings. The van der Waals surface area contributed by atoms with Gasteiger partial charge in [0.1, 0.15) is 11.6 Å². The first-order valence-electron chi connectivity index (χ1n) is 9.36. The summed E-state index contributed by atoms with van der Waals surface area (Å²) >= 11 is 6.10. The monoisotopic (exact) mass is 403 g/mol. The van der Waals surface area contributed by atoms with E-state index in [1.54, 1.807) is 13.3 Å². The highest BCUT2D eigenvalue weighted by molar-refractivity contribution is 6.32. The lowest BCUT2D eigenvalue weighted by Crippen LogP contribution is -2.50. The number of nitrogens with two attached hydrogens (primary N) is 1. The third-order valence-electron chi connectivity index (χ3n) is 4.84. The van der Waals surface area contributed by atoms with Gasteiger partial charge in [0.05, 0.1) is 18.7 Å². The molecule has 3 N–H and O–H groups in total. The topological polar surface area (TPSA) is 83.7 Å². The summed E-state index contributed by atoms with van der Waals surface area (Å²) in [7, 11) is 1.61.